The number of thioether (sulfide) groups is 1. The molecule has 1 amide bonds. The van der Waals surface area contributed by atoms with E-state index in [1.165, 1.54) is 26.6 Å². The van der Waals surface area contributed by atoms with Crippen LogP contribution in [0.1, 0.15) is 16.9 Å². The molecule has 3 aromatic heterocycles. The first-order valence-electron chi connectivity index (χ1n) is 10.7. The zero-order chi connectivity index (χ0) is 23.5. The Kier molecular flexibility index (Phi) is 6.29. The molecule has 7 nitrogen and oxygen atoms in total. The fourth-order valence-corrected chi connectivity index (χ4v) is 4.90. The van der Waals surface area contributed by atoms with E-state index >= 15 is 0 Å². The smallest absolute Gasteiger partial charge is 0.267 e. The Morgan fingerprint density at radius 3 is 2.68 bits per heavy atom. The van der Waals surface area contributed by atoms with Crippen molar-refractivity contribution in [3.63, 3.8) is 0 Å². The number of carbonyl (C=O) groups is 1. The lowest BCUT2D eigenvalue weighted by Crippen LogP contribution is -2.27. The first-order chi connectivity index (χ1) is 16.6. The number of carbonyl (C=O) groups excluding carboxylic acids is 1. The predicted molar refractivity (Wildman–Crippen MR) is 138 cm³/mol. The Bertz CT molecular complexity index is 1450. The summed E-state index contributed by atoms with van der Waals surface area (Å²) in [5.41, 5.74) is 1.75. The number of amides is 1. The third kappa shape index (κ3) is 4.52. The molecule has 4 heterocycles. The zero-order valence-electron chi connectivity index (χ0n) is 18.0. The molecule has 0 unspecified atom stereocenters. The van der Waals surface area contributed by atoms with Crippen molar-refractivity contribution in [1.82, 2.24) is 14.3 Å². The van der Waals surface area contributed by atoms with E-state index in [4.69, 9.17) is 16.6 Å². The summed E-state index contributed by atoms with van der Waals surface area (Å²) in [6, 6.07) is 19.0. The highest BCUT2D eigenvalue weighted by Crippen LogP contribution is 2.34. The van der Waals surface area contributed by atoms with Gasteiger partial charge in [-0.2, -0.15) is 0 Å². The van der Waals surface area contributed by atoms with Gasteiger partial charge in [-0.25, -0.2) is 4.98 Å². The van der Waals surface area contributed by atoms with Gasteiger partial charge in [-0.1, -0.05) is 60.4 Å². The molecule has 5 rings (SSSR count). The summed E-state index contributed by atoms with van der Waals surface area (Å²) in [6.45, 7) is 0.825. The lowest BCUT2D eigenvalue weighted by Gasteiger charge is -2.12. The number of hydrogen-bond donors (Lipinski definition) is 1. The van der Waals surface area contributed by atoms with Gasteiger partial charge in [-0.3, -0.25) is 18.9 Å². The van der Waals surface area contributed by atoms with Crippen LogP contribution in [0.5, 0.6) is 0 Å². The van der Waals surface area contributed by atoms with Gasteiger partial charge < -0.3 is 9.73 Å². The van der Waals surface area contributed by atoms with Crippen LogP contribution in [0.25, 0.3) is 11.7 Å². The third-order valence-electron chi connectivity index (χ3n) is 5.36. The highest BCUT2D eigenvalue weighted by atomic mass is 32.2. The molecule has 1 aromatic carbocycles. The number of fused-ring (bicyclic) bond motifs is 1. The van der Waals surface area contributed by atoms with Crippen molar-refractivity contribution in [2.75, 3.05) is 11.9 Å². The Morgan fingerprint density at radius 1 is 1.06 bits per heavy atom. The monoisotopic (exact) mass is 488 g/mol. The summed E-state index contributed by atoms with van der Waals surface area (Å²) < 4.78 is 7.24. The second-order valence-electron chi connectivity index (χ2n) is 7.62. The molecule has 9 heteroatoms. The third-order valence-corrected chi connectivity index (χ3v) is 6.74. The van der Waals surface area contributed by atoms with Gasteiger partial charge in [-0.15, -0.1) is 0 Å². The number of hydrogen-bond acceptors (Lipinski definition) is 7. The molecule has 1 N–H and O–H groups in total. The second-order valence-corrected chi connectivity index (χ2v) is 9.29. The molecule has 0 atom stereocenters. The number of nitrogens with one attached hydrogen (secondary N) is 1. The van der Waals surface area contributed by atoms with Crippen molar-refractivity contribution in [3.8, 4) is 0 Å². The molecular formula is C25H20N4O3S2. The standard InChI is InChI=1S/C25H20N4O3S2/c30-23-19(15-20-24(31)29(25(33)34-20)16-18-9-6-14-32-18)22(27-21-10-4-5-13-28(21)23)26-12-11-17-7-2-1-3-8-17/h1-10,13-15,26H,11-12,16H2/b20-15-. The van der Waals surface area contributed by atoms with Gasteiger partial charge in [0.25, 0.3) is 11.5 Å². The zero-order valence-corrected chi connectivity index (χ0v) is 19.6. The van der Waals surface area contributed by atoms with Crippen LogP contribution >= 0.6 is 24.0 Å². The maximum absolute atomic E-state index is 13.4. The van der Waals surface area contributed by atoms with E-state index in [0.717, 1.165) is 6.42 Å². The minimum Gasteiger partial charge on any atom is -0.467 e. The van der Waals surface area contributed by atoms with Gasteiger partial charge >= 0.3 is 0 Å². The van der Waals surface area contributed by atoms with E-state index in [2.05, 4.69) is 22.4 Å². The molecule has 1 fully saturated rings. The number of furan rings is 1. The molecule has 34 heavy (non-hydrogen) atoms. The Hall–Kier alpha value is -3.69. The molecule has 0 bridgehead atoms. The number of nitrogens with zero attached hydrogens (tertiary/aromatic N) is 3. The van der Waals surface area contributed by atoms with E-state index in [9.17, 15) is 9.59 Å². The highest BCUT2D eigenvalue weighted by molar-refractivity contribution is 8.26. The van der Waals surface area contributed by atoms with Crippen molar-refractivity contribution >= 4 is 51.7 Å². The fourth-order valence-electron chi connectivity index (χ4n) is 3.66. The number of aromatic nitrogens is 2. The molecule has 0 aliphatic carbocycles. The van der Waals surface area contributed by atoms with E-state index in [0.29, 0.717) is 38.6 Å². The number of thiocarbonyl (C=S) groups is 1. The van der Waals surface area contributed by atoms with Crippen LogP contribution in [0.4, 0.5) is 5.82 Å². The lowest BCUT2D eigenvalue weighted by atomic mass is 10.1. The molecule has 0 saturated carbocycles. The summed E-state index contributed by atoms with van der Waals surface area (Å²) in [7, 11) is 0. The largest absolute Gasteiger partial charge is 0.467 e. The number of anilines is 1. The maximum atomic E-state index is 13.4. The van der Waals surface area contributed by atoms with Crippen LogP contribution < -0.4 is 10.9 Å². The average Bonchev–Trinajstić information content (AvgIpc) is 3.46. The van der Waals surface area contributed by atoms with E-state index in [1.54, 1.807) is 42.8 Å². The van der Waals surface area contributed by atoms with Gasteiger partial charge in [0.2, 0.25) is 0 Å². The summed E-state index contributed by atoms with van der Waals surface area (Å²) >= 11 is 6.59. The normalized spacial score (nSPS) is 14.9. The van der Waals surface area contributed by atoms with Crippen molar-refractivity contribution in [1.29, 1.82) is 0 Å². The molecule has 1 aliphatic heterocycles. The molecule has 4 aromatic rings. The summed E-state index contributed by atoms with van der Waals surface area (Å²) in [6.07, 6.45) is 5.57. The Balaban J connectivity index is 1.47. The van der Waals surface area contributed by atoms with Gasteiger partial charge in [0.15, 0.2) is 0 Å². The van der Waals surface area contributed by atoms with E-state index in [1.807, 2.05) is 24.3 Å². The molecule has 1 aliphatic rings. The molecule has 0 radical (unpaired) electrons. The summed E-state index contributed by atoms with van der Waals surface area (Å²) in [4.78, 5) is 32.9. The summed E-state index contributed by atoms with van der Waals surface area (Å²) in [5, 5.41) is 3.29. The first kappa shape index (κ1) is 22.1. The number of pyridine rings is 1. The Morgan fingerprint density at radius 2 is 1.88 bits per heavy atom. The van der Waals surface area contributed by atoms with Crippen LogP contribution in [0, 0.1) is 0 Å². The second kappa shape index (κ2) is 9.66. The fraction of sp³-hybridized carbons (Fsp3) is 0.120. The van der Waals surface area contributed by atoms with Crippen molar-refractivity contribution in [2.24, 2.45) is 0 Å². The maximum Gasteiger partial charge on any atom is 0.267 e. The Labute approximate surface area is 205 Å². The molecule has 1 saturated heterocycles. The van der Waals surface area contributed by atoms with Crippen LogP contribution in [-0.4, -0.2) is 31.1 Å². The minimum atomic E-state index is -0.265. The van der Waals surface area contributed by atoms with Crippen LogP contribution in [-0.2, 0) is 17.8 Å². The first-order valence-corrected chi connectivity index (χ1v) is 11.9. The highest BCUT2D eigenvalue weighted by Gasteiger charge is 2.33. The van der Waals surface area contributed by atoms with Gasteiger partial charge in [0, 0.05) is 12.7 Å². The predicted octanol–water partition coefficient (Wildman–Crippen LogP) is 4.34. The number of benzene rings is 1. The number of rotatable bonds is 7. The van der Waals surface area contributed by atoms with Crippen LogP contribution in [0.3, 0.4) is 0 Å². The van der Waals surface area contributed by atoms with Crippen molar-refractivity contribution in [3.05, 3.63) is 105 Å². The van der Waals surface area contributed by atoms with Crippen molar-refractivity contribution < 1.29 is 9.21 Å². The van der Waals surface area contributed by atoms with Crippen molar-refractivity contribution in [2.45, 2.75) is 13.0 Å². The van der Waals surface area contributed by atoms with Gasteiger partial charge in [0.1, 0.15) is 21.5 Å². The molecule has 170 valence electrons. The van der Waals surface area contributed by atoms with E-state index < -0.39 is 0 Å². The quantitative estimate of drug-likeness (QED) is 0.306. The molecular weight excluding hydrogens is 468 g/mol. The average molecular weight is 489 g/mol. The molecule has 0 spiro atoms. The topological polar surface area (TPSA) is 79.9 Å². The lowest BCUT2D eigenvalue weighted by molar-refractivity contribution is -0.122. The van der Waals surface area contributed by atoms with E-state index in [-0.39, 0.29) is 18.0 Å². The van der Waals surface area contributed by atoms with Crippen LogP contribution in [0.15, 0.2) is 87.2 Å². The van der Waals surface area contributed by atoms with Crippen LogP contribution in [0.2, 0.25) is 0 Å². The van der Waals surface area contributed by atoms with Gasteiger partial charge in [-0.05, 0) is 42.3 Å². The minimum absolute atomic E-state index is 0.242. The SMILES string of the molecule is O=C1/C(=C/c2c(NCCc3ccccc3)nc3ccccn3c2=O)SC(=S)N1Cc1ccco1. The van der Waals surface area contributed by atoms with Gasteiger partial charge in [0.05, 0.1) is 23.3 Å². The summed E-state index contributed by atoms with van der Waals surface area (Å²) in [5.74, 6) is 0.802.